The number of primary amides is 1. The number of amides is 2. The van der Waals surface area contributed by atoms with Crippen molar-refractivity contribution in [1.82, 2.24) is 25.4 Å². The number of hydrogen-bond donors (Lipinski definition) is 3. The van der Waals surface area contributed by atoms with Crippen LogP contribution >= 0.6 is 23.2 Å². The monoisotopic (exact) mass is 536 g/mol. The summed E-state index contributed by atoms with van der Waals surface area (Å²) < 4.78 is 1.78. The average Bonchev–Trinajstić information content (AvgIpc) is 3.33. The summed E-state index contributed by atoms with van der Waals surface area (Å²) in [6.45, 7) is 0.821. The van der Waals surface area contributed by atoms with Crippen LogP contribution in [0.4, 0.5) is 0 Å². The second-order valence-corrected chi connectivity index (χ2v) is 9.23. The highest BCUT2D eigenvalue weighted by atomic mass is 35.5. The van der Waals surface area contributed by atoms with Crippen LogP contribution in [0.3, 0.4) is 0 Å². The zero-order chi connectivity index (χ0) is 26.2. The Morgan fingerprint density at radius 3 is 2.51 bits per heavy atom. The highest BCUT2D eigenvalue weighted by Crippen LogP contribution is 2.27. The first kappa shape index (κ1) is 26.3. The Hall–Kier alpha value is -3.72. The van der Waals surface area contributed by atoms with E-state index in [0.717, 1.165) is 28.2 Å². The van der Waals surface area contributed by atoms with E-state index in [1.807, 2.05) is 54.6 Å². The minimum atomic E-state index is -0.770. The van der Waals surface area contributed by atoms with Gasteiger partial charge in [0.05, 0.1) is 27.1 Å². The van der Waals surface area contributed by atoms with E-state index < -0.39 is 11.9 Å². The fraction of sp³-hybridized carbons (Fsp3) is 0.185. The number of halogens is 2. The van der Waals surface area contributed by atoms with E-state index in [9.17, 15) is 9.59 Å². The normalized spacial score (nSPS) is 11.7. The van der Waals surface area contributed by atoms with Crippen molar-refractivity contribution in [3.63, 3.8) is 0 Å². The Balaban J connectivity index is 1.40. The third-order valence-corrected chi connectivity index (χ3v) is 6.42. The molecule has 4 rings (SSSR count). The van der Waals surface area contributed by atoms with Gasteiger partial charge in [0.1, 0.15) is 6.04 Å². The quantitative estimate of drug-likeness (QED) is 0.251. The Bertz CT molecular complexity index is 1360. The Morgan fingerprint density at radius 2 is 1.81 bits per heavy atom. The number of benzene rings is 2. The number of nitrogens with two attached hydrogens (primary N) is 1. The molecule has 2 aromatic heterocycles. The Kier molecular flexibility index (Phi) is 8.90. The van der Waals surface area contributed by atoms with Gasteiger partial charge in [-0.3, -0.25) is 14.6 Å². The summed E-state index contributed by atoms with van der Waals surface area (Å²) in [5, 5.41) is 11.6. The van der Waals surface area contributed by atoms with Crippen LogP contribution in [0.25, 0.3) is 16.9 Å². The van der Waals surface area contributed by atoms with Gasteiger partial charge in [0.15, 0.2) is 0 Å². The molecule has 1 atom stereocenters. The molecule has 0 bridgehead atoms. The number of pyridine rings is 1. The third kappa shape index (κ3) is 7.16. The lowest BCUT2D eigenvalue weighted by atomic mass is 10.1. The predicted molar refractivity (Wildman–Crippen MR) is 144 cm³/mol. The van der Waals surface area contributed by atoms with E-state index >= 15 is 0 Å². The molecule has 0 spiro atoms. The first-order valence-corrected chi connectivity index (χ1v) is 12.4. The largest absolute Gasteiger partial charge is 0.368 e. The standard InChI is InChI=1S/C27H26Cl2N6O2/c28-22-9-8-20(14-23(22)29)35-21(15-24(34-35)19-7-4-11-31-16-19)17-32-12-10-26(36)33-25(27(30)37)13-18-5-2-1-3-6-18/h1-9,11,14-16,25,32H,10,12-13,17H2,(H2,30,37)(H,33,36)/t25-/m0/s1. The van der Waals surface area contributed by atoms with Gasteiger partial charge >= 0.3 is 0 Å². The molecule has 0 unspecified atom stereocenters. The summed E-state index contributed by atoms with van der Waals surface area (Å²) in [5.41, 5.74) is 9.66. The number of nitrogens with one attached hydrogen (secondary N) is 2. The molecule has 37 heavy (non-hydrogen) atoms. The third-order valence-electron chi connectivity index (χ3n) is 5.68. The number of nitrogens with zero attached hydrogens (tertiary/aromatic N) is 3. The minimum absolute atomic E-state index is 0.176. The molecule has 4 aromatic rings. The van der Waals surface area contributed by atoms with Crippen molar-refractivity contribution in [3.05, 3.63) is 100 Å². The molecule has 2 aromatic carbocycles. The highest BCUT2D eigenvalue weighted by molar-refractivity contribution is 6.42. The van der Waals surface area contributed by atoms with Gasteiger partial charge in [-0.15, -0.1) is 0 Å². The first-order valence-electron chi connectivity index (χ1n) is 11.7. The van der Waals surface area contributed by atoms with E-state index in [0.29, 0.717) is 29.6 Å². The average molecular weight is 537 g/mol. The van der Waals surface area contributed by atoms with E-state index in [-0.39, 0.29) is 12.3 Å². The number of rotatable bonds is 11. The van der Waals surface area contributed by atoms with Crippen molar-refractivity contribution in [3.8, 4) is 16.9 Å². The van der Waals surface area contributed by atoms with Crippen molar-refractivity contribution < 1.29 is 9.59 Å². The number of carbonyl (C=O) groups excluding carboxylic acids is 2. The second kappa shape index (κ2) is 12.5. The molecule has 0 saturated heterocycles. The lowest BCUT2D eigenvalue weighted by Gasteiger charge is -2.16. The van der Waals surface area contributed by atoms with Crippen molar-refractivity contribution in [2.45, 2.75) is 25.4 Å². The van der Waals surface area contributed by atoms with E-state index in [2.05, 4.69) is 15.6 Å². The van der Waals surface area contributed by atoms with Gasteiger partial charge in [0.25, 0.3) is 0 Å². The molecule has 0 fully saturated rings. The van der Waals surface area contributed by atoms with Crippen LogP contribution in [-0.4, -0.2) is 39.2 Å². The zero-order valence-electron chi connectivity index (χ0n) is 19.9. The maximum atomic E-state index is 12.5. The molecule has 0 aliphatic rings. The van der Waals surface area contributed by atoms with Gasteiger partial charge in [-0.05, 0) is 42.0 Å². The molecule has 0 aliphatic carbocycles. The molecule has 10 heteroatoms. The maximum Gasteiger partial charge on any atom is 0.240 e. The SMILES string of the molecule is NC(=O)[C@H](Cc1ccccc1)NC(=O)CCNCc1cc(-c2cccnc2)nn1-c1ccc(Cl)c(Cl)c1. The lowest BCUT2D eigenvalue weighted by molar-refractivity contribution is -0.127. The summed E-state index contributed by atoms with van der Waals surface area (Å²) in [7, 11) is 0. The number of hydrogen-bond acceptors (Lipinski definition) is 5. The van der Waals surface area contributed by atoms with E-state index in [4.69, 9.17) is 34.0 Å². The van der Waals surface area contributed by atoms with Gasteiger partial charge < -0.3 is 16.4 Å². The molecule has 190 valence electrons. The van der Waals surface area contributed by atoms with Gasteiger partial charge in [0.2, 0.25) is 11.8 Å². The van der Waals surface area contributed by atoms with Crippen LogP contribution < -0.4 is 16.4 Å². The summed E-state index contributed by atoms with van der Waals surface area (Å²) in [6, 6.07) is 19.7. The minimum Gasteiger partial charge on any atom is -0.368 e. The summed E-state index contributed by atoms with van der Waals surface area (Å²) >= 11 is 12.3. The molecule has 2 heterocycles. The fourth-order valence-corrected chi connectivity index (χ4v) is 4.09. The van der Waals surface area contributed by atoms with E-state index in [1.165, 1.54) is 0 Å². The molecule has 2 amide bonds. The maximum absolute atomic E-state index is 12.5. The molecule has 4 N–H and O–H groups in total. The first-order chi connectivity index (χ1) is 17.9. The van der Waals surface area contributed by atoms with Crippen molar-refractivity contribution >= 4 is 35.0 Å². The predicted octanol–water partition coefficient (Wildman–Crippen LogP) is 3.93. The lowest BCUT2D eigenvalue weighted by Crippen LogP contribution is -2.46. The number of aromatic nitrogens is 3. The molecular formula is C27H26Cl2N6O2. The Morgan fingerprint density at radius 1 is 1.00 bits per heavy atom. The topological polar surface area (TPSA) is 115 Å². The molecular weight excluding hydrogens is 511 g/mol. The zero-order valence-corrected chi connectivity index (χ0v) is 21.4. The highest BCUT2D eigenvalue weighted by Gasteiger charge is 2.18. The van der Waals surface area contributed by atoms with Crippen LogP contribution in [0, 0.1) is 0 Å². The number of carbonyl (C=O) groups is 2. The van der Waals surface area contributed by atoms with Gasteiger partial charge in [-0.2, -0.15) is 5.10 Å². The molecule has 8 nitrogen and oxygen atoms in total. The van der Waals surface area contributed by atoms with Crippen molar-refractivity contribution in [2.75, 3.05) is 6.54 Å². The smallest absolute Gasteiger partial charge is 0.240 e. The van der Waals surface area contributed by atoms with Crippen LogP contribution in [0.2, 0.25) is 10.0 Å². The van der Waals surface area contributed by atoms with Crippen molar-refractivity contribution in [2.24, 2.45) is 5.73 Å². The summed E-state index contributed by atoms with van der Waals surface area (Å²) in [4.78, 5) is 28.5. The van der Waals surface area contributed by atoms with Gasteiger partial charge in [-0.25, -0.2) is 4.68 Å². The second-order valence-electron chi connectivity index (χ2n) is 8.41. The van der Waals surface area contributed by atoms with E-state index in [1.54, 1.807) is 29.2 Å². The Labute approximate surface area is 224 Å². The van der Waals surface area contributed by atoms with Crippen LogP contribution in [-0.2, 0) is 22.6 Å². The summed E-state index contributed by atoms with van der Waals surface area (Å²) in [6.07, 6.45) is 3.97. The fourth-order valence-electron chi connectivity index (χ4n) is 3.80. The van der Waals surface area contributed by atoms with Crippen LogP contribution in [0.1, 0.15) is 17.7 Å². The summed E-state index contributed by atoms with van der Waals surface area (Å²) in [5.74, 6) is -0.833. The van der Waals surface area contributed by atoms with Crippen LogP contribution in [0.15, 0.2) is 79.1 Å². The van der Waals surface area contributed by atoms with Gasteiger partial charge in [-0.1, -0.05) is 53.5 Å². The van der Waals surface area contributed by atoms with Crippen LogP contribution in [0.5, 0.6) is 0 Å². The molecule has 0 saturated carbocycles. The molecule has 0 radical (unpaired) electrons. The van der Waals surface area contributed by atoms with Crippen molar-refractivity contribution in [1.29, 1.82) is 0 Å². The molecule has 0 aliphatic heterocycles. The van der Waals surface area contributed by atoms with Gasteiger partial charge in [0, 0.05) is 43.9 Å².